The smallest absolute Gasteiger partial charge is 0.0276 e. The van der Waals surface area contributed by atoms with E-state index in [1.54, 1.807) is 0 Å². The molecule has 0 heterocycles. The minimum Gasteiger partial charge on any atom is -0.0988 e. The topological polar surface area (TPSA) is 0 Å². The molecule has 1 rings (SSSR count). The van der Waals surface area contributed by atoms with Gasteiger partial charge in [0.25, 0.3) is 0 Å². The summed E-state index contributed by atoms with van der Waals surface area (Å²) in [6.45, 7) is 7.55. The van der Waals surface area contributed by atoms with Gasteiger partial charge in [-0.2, -0.15) is 0 Å². The molecular formula is C14H30. The van der Waals surface area contributed by atoms with E-state index in [1.807, 2.05) is 12.2 Å². The average Bonchev–Trinajstić information content (AvgIpc) is 2.04. The summed E-state index contributed by atoms with van der Waals surface area (Å²) in [5, 5.41) is 0. The van der Waals surface area contributed by atoms with E-state index >= 15 is 0 Å². The minimum atomic E-state index is 0. The summed E-state index contributed by atoms with van der Waals surface area (Å²) < 4.78 is 0. The predicted octanol–water partition coefficient (Wildman–Crippen LogP) is 5.77. The lowest BCUT2D eigenvalue weighted by Gasteiger charge is -2.14. The molecule has 0 atom stereocenters. The Balaban J connectivity index is -0.000000125. The van der Waals surface area contributed by atoms with Crippen molar-refractivity contribution in [3.05, 3.63) is 36.5 Å². The van der Waals surface area contributed by atoms with Crippen LogP contribution in [-0.2, 0) is 0 Å². The molecule has 0 N–H and O–H groups in total. The Bertz CT molecular complexity index is 152. The van der Waals surface area contributed by atoms with E-state index in [0.29, 0.717) is 0 Å². The van der Waals surface area contributed by atoms with Crippen molar-refractivity contribution in [1.29, 1.82) is 0 Å². The molecule has 0 saturated carbocycles. The highest BCUT2D eigenvalue weighted by Crippen LogP contribution is 2.25. The van der Waals surface area contributed by atoms with Gasteiger partial charge in [0.1, 0.15) is 0 Å². The lowest BCUT2D eigenvalue weighted by atomic mass is 9.92. The maximum Gasteiger partial charge on any atom is -0.0276 e. The van der Waals surface area contributed by atoms with E-state index < -0.39 is 0 Å². The molecule has 0 aromatic carbocycles. The van der Waals surface area contributed by atoms with E-state index in [0.717, 1.165) is 0 Å². The van der Waals surface area contributed by atoms with Crippen LogP contribution in [0.1, 0.15) is 55.4 Å². The zero-order valence-corrected chi connectivity index (χ0v) is 6.40. The van der Waals surface area contributed by atoms with Crippen LogP contribution in [0.4, 0.5) is 0 Å². The number of allylic oxidation sites excluding steroid dienone is 4. The summed E-state index contributed by atoms with van der Waals surface area (Å²) in [6.07, 6.45) is 8.97. The van der Waals surface area contributed by atoms with Gasteiger partial charge in [0.15, 0.2) is 0 Å². The van der Waals surface area contributed by atoms with Gasteiger partial charge in [-0.3, -0.25) is 0 Å². The van der Waals surface area contributed by atoms with Gasteiger partial charge in [-0.1, -0.05) is 55.0 Å². The lowest BCUT2D eigenvalue weighted by Crippen LogP contribution is -1.94. The summed E-state index contributed by atoms with van der Waals surface area (Å²) in [4.78, 5) is 0. The monoisotopic (exact) mass is 198 g/mol. The first-order valence-corrected chi connectivity index (χ1v) is 3.85. The van der Waals surface area contributed by atoms with Crippen LogP contribution in [0.15, 0.2) is 36.5 Å². The van der Waals surface area contributed by atoms with Gasteiger partial charge in [0.05, 0.1) is 0 Å². The quantitative estimate of drug-likeness (QED) is 0.528. The molecule has 14 heavy (non-hydrogen) atoms. The Morgan fingerprint density at radius 2 is 1.00 bits per heavy atom. The van der Waals surface area contributed by atoms with Gasteiger partial charge in [-0.25, -0.2) is 0 Å². The standard InChI is InChI=1S/C10H14.4CH4/c1-3-9-7-5-6-8-10(9)4-2;;;;/h3-4H,1-2,5-8H2;4*1H4. The van der Waals surface area contributed by atoms with Crippen molar-refractivity contribution in [2.75, 3.05) is 0 Å². The summed E-state index contributed by atoms with van der Waals surface area (Å²) in [5.41, 5.74) is 2.81. The molecule has 0 aliphatic heterocycles. The first kappa shape index (κ1) is 23.2. The Morgan fingerprint density at radius 1 is 0.714 bits per heavy atom. The fraction of sp³-hybridized carbons (Fsp3) is 0.571. The normalized spacial score (nSPS) is 13.4. The number of hydrogen-bond acceptors (Lipinski definition) is 0. The third-order valence-corrected chi connectivity index (χ3v) is 2.05. The van der Waals surface area contributed by atoms with E-state index in [2.05, 4.69) is 13.2 Å². The number of hydrogen-bond donors (Lipinski definition) is 0. The van der Waals surface area contributed by atoms with Crippen molar-refractivity contribution in [2.24, 2.45) is 0 Å². The SMILES string of the molecule is C.C.C.C.C=CC1=C(C=C)CCCC1. The lowest BCUT2D eigenvalue weighted by molar-refractivity contribution is 0.694. The van der Waals surface area contributed by atoms with Crippen molar-refractivity contribution >= 4 is 0 Å². The van der Waals surface area contributed by atoms with Crippen LogP contribution in [0, 0.1) is 0 Å². The highest BCUT2D eigenvalue weighted by molar-refractivity contribution is 5.32. The molecule has 0 saturated heterocycles. The van der Waals surface area contributed by atoms with Crippen molar-refractivity contribution in [3.8, 4) is 0 Å². The van der Waals surface area contributed by atoms with Gasteiger partial charge in [-0.05, 0) is 36.8 Å². The Labute approximate surface area is 92.4 Å². The van der Waals surface area contributed by atoms with Gasteiger partial charge in [0, 0.05) is 0 Å². The van der Waals surface area contributed by atoms with E-state index in [-0.39, 0.29) is 29.7 Å². The fourth-order valence-electron chi connectivity index (χ4n) is 1.42. The van der Waals surface area contributed by atoms with Gasteiger partial charge in [0.2, 0.25) is 0 Å². The molecule has 0 heteroatoms. The van der Waals surface area contributed by atoms with Crippen LogP contribution < -0.4 is 0 Å². The van der Waals surface area contributed by atoms with Crippen molar-refractivity contribution in [1.82, 2.24) is 0 Å². The molecule has 86 valence electrons. The molecule has 0 radical (unpaired) electrons. The molecular weight excluding hydrogens is 168 g/mol. The Morgan fingerprint density at radius 3 is 1.21 bits per heavy atom. The molecule has 0 spiro atoms. The molecule has 0 unspecified atom stereocenters. The zero-order valence-electron chi connectivity index (χ0n) is 6.40. The summed E-state index contributed by atoms with van der Waals surface area (Å²) >= 11 is 0. The molecule has 0 nitrogen and oxygen atoms in total. The van der Waals surface area contributed by atoms with Crippen LogP contribution >= 0.6 is 0 Å². The summed E-state index contributed by atoms with van der Waals surface area (Å²) in [7, 11) is 0. The van der Waals surface area contributed by atoms with Gasteiger partial charge in [-0.15, -0.1) is 0 Å². The summed E-state index contributed by atoms with van der Waals surface area (Å²) in [6, 6.07) is 0. The fourth-order valence-corrected chi connectivity index (χ4v) is 1.42. The van der Waals surface area contributed by atoms with Crippen LogP contribution in [0.5, 0.6) is 0 Å². The van der Waals surface area contributed by atoms with Crippen LogP contribution in [0.3, 0.4) is 0 Å². The van der Waals surface area contributed by atoms with Gasteiger partial charge >= 0.3 is 0 Å². The highest BCUT2D eigenvalue weighted by Gasteiger charge is 2.05. The minimum absolute atomic E-state index is 0. The second kappa shape index (κ2) is 12.2. The highest BCUT2D eigenvalue weighted by atomic mass is 14.1. The van der Waals surface area contributed by atoms with Crippen LogP contribution in [0.25, 0.3) is 0 Å². The Kier molecular flexibility index (Phi) is 20.3. The van der Waals surface area contributed by atoms with Gasteiger partial charge < -0.3 is 0 Å². The van der Waals surface area contributed by atoms with Crippen molar-refractivity contribution in [2.45, 2.75) is 55.4 Å². The van der Waals surface area contributed by atoms with E-state index in [9.17, 15) is 0 Å². The first-order chi connectivity index (χ1) is 4.88. The maximum absolute atomic E-state index is 3.78. The molecule has 0 aromatic rings. The molecule has 1 aliphatic carbocycles. The van der Waals surface area contributed by atoms with Crippen LogP contribution in [0.2, 0.25) is 0 Å². The predicted molar refractivity (Wildman–Crippen MR) is 72.8 cm³/mol. The van der Waals surface area contributed by atoms with Crippen molar-refractivity contribution < 1.29 is 0 Å². The first-order valence-electron chi connectivity index (χ1n) is 3.85. The second-order valence-electron chi connectivity index (χ2n) is 2.67. The van der Waals surface area contributed by atoms with E-state index in [4.69, 9.17) is 0 Å². The maximum atomic E-state index is 3.78. The Hall–Kier alpha value is -0.780. The number of rotatable bonds is 2. The molecule has 0 bridgehead atoms. The molecule has 0 fully saturated rings. The zero-order chi connectivity index (χ0) is 7.40. The largest absolute Gasteiger partial charge is 0.0988 e. The van der Waals surface area contributed by atoms with E-state index in [1.165, 1.54) is 36.8 Å². The van der Waals surface area contributed by atoms with Crippen LogP contribution in [-0.4, -0.2) is 0 Å². The second-order valence-corrected chi connectivity index (χ2v) is 2.67. The average molecular weight is 198 g/mol. The third kappa shape index (κ3) is 5.80. The molecule has 0 amide bonds. The summed E-state index contributed by atoms with van der Waals surface area (Å²) in [5.74, 6) is 0. The van der Waals surface area contributed by atoms with Crippen molar-refractivity contribution in [3.63, 3.8) is 0 Å². The third-order valence-electron chi connectivity index (χ3n) is 2.05. The molecule has 1 aliphatic rings. The molecule has 0 aromatic heterocycles.